The van der Waals surface area contributed by atoms with Gasteiger partial charge in [0.05, 0.1) is 0 Å². The molecule has 2 heteroatoms. The fourth-order valence-corrected chi connectivity index (χ4v) is 4.06. The van der Waals surface area contributed by atoms with Crippen LogP contribution in [-0.4, -0.2) is 11.6 Å². The lowest BCUT2D eigenvalue weighted by atomic mass is 10.0. The summed E-state index contributed by atoms with van der Waals surface area (Å²) in [5.41, 5.74) is 1.40. The van der Waals surface area contributed by atoms with Gasteiger partial charge in [-0.3, -0.25) is 0 Å². The van der Waals surface area contributed by atoms with Crippen molar-refractivity contribution in [1.29, 1.82) is 0 Å². The van der Waals surface area contributed by atoms with E-state index < -0.39 is 0 Å². The number of rotatable bonds is 16. The SMILES string of the molecule is CCCCCCCCCCCCCCCCCC=C1CCCCCN1N. The van der Waals surface area contributed by atoms with Crippen LogP contribution in [-0.2, 0) is 0 Å². The highest BCUT2D eigenvalue weighted by molar-refractivity contribution is 5.00. The molecule has 0 amide bonds. The van der Waals surface area contributed by atoms with Crippen LogP contribution in [0.1, 0.15) is 135 Å². The summed E-state index contributed by atoms with van der Waals surface area (Å²) in [4.78, 5) is 0. The third-order valence-corrected chi connectivity index (χ3v) is 5.89. The average molecular weight is 365 g/mol. The van der Waals surface area contributed by atoms with E-state index in [1.165, 1.54) is 134 Å². The summed E-state index contributed by atoms with van der Waals surface area (Å²) >= 11 is 0. The fraction of sp³-hybridized carbons (Fsp3) is 0.917. The molecule has 2 nitrogen and oxygen atoms in total. The average Bonchev–Trinajstić information content (AvgIpc) is 2.85. The molecule has 0 aromatic heterocycles. The number of allylic oxidation sites excluding steroid dienone is 2. The molecular weight excluding hydrogens is 316 g/mol. The summed E-state index contributed by atoms with van der Waals surface area (Å²) in [6, 6.07) is 0. The van der Waals surface area contributed by atoms with Gasteiger partial charge in [0.15, 0.2) is 0 Å². The highest BCUT2D eigenvalue weighted by atomic mass is 15.4. The van der Waals surface area contributed by atoms with Crippen LogP contribution in [0.25, 0.3) is 0 Å². The van der Waals surface area contributed by atoms with Crippen LogP contribution in [0.2, 0.25) is 0 Å². The Balaban J connectivity index is 1.79. The van der Waals surface area contributed by atoms with Crippen molar-refractivity contribution in [3.63, 3.8) is 0 Å². The molecule has 26 heavy (non-hydrogen) atoms. The summed E-state index contributed by atoms with van der Waals surface area (Å²) in [5, 5.41) is 2.00. The quantitative estimate of drug-likeness (QED) is 0.223. The van der Waals surface area contributed by atoms with Crippen LogP contribution in [0.3, 0.4) is 0 Å². The lowest BCUT2D eigenvalue weighted by Crippen LogP contribution is -2.29. The summed E-state index contributed by atoms with van der Waals surface area (Å²) in [7, 11) is 0. The zero-order valence-corrected chi connectivity index (χ0v) is 18.0. The highest BCUT2D eigenvalue weighted by Crippen LogP contribution is 2.18. The van der Waals surface area contributed by atoms with Crippen LogP contribution in [0.5, 0.6) is 0 Å². The first-order valence-corrected chi connectivity index (χ1v) is 12.1. The van der Waals surface area contributed by atoms with Gasteiger partial charge in [0.1, 0.15) is 0 Å². The van der Waals surface area contributed by atoms with E-state index in [9.17, 15) is 0 Å². The molecule has 154 valence electrons. The van der Waals surface area contributed by atoms with Gasteiger partial charge in [-0.15, -0.1) is 0 Å². The molecule has 1 fully saturated rings. The normalized spacial score (nSPS) is 17.0. The number of nitrogens with zero attached hydrogens (tertiary/aromatic N) is 1. The second-order valence-corrected chi connectivity index (χ2v) is 8.44. The van der Waals surface area contributed by atoms with Gasteiger partial charge in [-0.1, -0.05) is 109 Å². The number of hydrazine groups is 1. The zero-order chi connectivity index (χ0) is 18.7. The molecule has 0 radical (unpaired) electrons. The Kier molecular flexibility index (Phi) is 16.2. The first-order chi connectivity index (χ1) is 12.8. The largest absolute Gasteiger partial charge is 0.315 e. The molecule has 1 aliphatic heterocycles. The Morgan fingerprint density at radius 3 is 1.73 bits per heavy atom. The molecule has 0 aliphatic carbocycles. The molecule has 0 saturated carbocycles. The number of nitrogens with two attached hydrogens (primary N) is 1. The van der Waals surface area contributed by atoms with Crippen molar-refractivity contribution in [3.8, 4) is 0 Å². The van der Waals surface area contributed by atoms with E-state index in [1.807, 2.05) is 5.01 Å². The molecule has 0 unspecified atom stereocenters. The Morgan fingerprint density at radius 2 is 1.19 bits per heavy atom. The minimum atomic E-state index is 1.05. The molecule has 0 atom stereocenters. The molecule has 0 spiro atoms. The van der Waals surface area contributed by atoms with E-state index in [1.54, 1.807) is 0 Å². The van der Waals surface area contributed by atoms with Gasteiger partial charge in [-0.2, -0.15) is 0 Å². The Hall–Kier alpha value is -0.500. The van der Waals surface area contributed by atoms with Crippen molar-refractivity contribution >= 4 is 0 Å². The van der Waals surface area contributed by atoms with E-state index in [-0.39, 0.29) is 0 Å². The van der Waals surface area contributed by atoms with Crippen LogP contribution in [0.4, 0.5) is 0 Å². The van der Waals surface area contributed by atoms with Gasteiger partial charge in [0.25, 0.3) is 0 Å². The van der Waals surface area contributed by atoms with E-state index in [4.69, 9.17) is 5.84 Å². The van der Waals surface area contributed by atoms with Crippen LogP contribution in [0, 0.1) is 0 Å². The highest BCUT2D eigenvalue weighted by Gasteiger charge is 2.08. The standard InChI is InChI=1S/C24H48N2/c1-2-3-4-5-6-7-8-9-10-11-12-13-14-15-16-18-21-24-22-19-17-20-23-26(24)25/h21H,2-20,22-23,25H2,1H3. The Morgan fingerprint density at radius 1 is 0.692 bits per heavy atom. The van der Waals surface area contributed by atoms with Crippen molar-refractivity contribution in [2.75, 3.05) is 6.54 Å². The molecule has 1 rings (SSSR count). The first-order valence-electron chi connectivity index (χ1n) is 12.1. The molecular formula is C24H48N2. The molecule has 1 saturated heterocycles. The lowest BCUT2D eigenvalue weighted by molar-refractivity contribution is 0.357. The zero-order valence-electron chi connectivity index (χ0n) is 18.0. The second kappa shape index (κ2) is 17.9. The Bertz CT molecular complexity index is 324. The predicted molar refractivity (Wildman–Crippen MR) is 117 cm³/mol. The van der Waals surface area contributed by atoms with Gasteiger partial charge < -0.3 is 5.01 Å². The van der Waals surface area contributed by atoms with Crippen LogP contribution < -0.4 is 5.84 Å². The molecule has 0 aromatic carbocycles. The summed E-state index contributed by atoms with van der Waals surface area (Å²) < 4.78 is 0. The van der Waals surface area contributed by atoms with Crippen LogP contribution in [0.15, 0.2) is 11.8 Å². The lowest BCUT2D eigenvalue weighted by Gasteiger charge is -2.19. The molecule has 1 heterocycles. The Labute approximate surface area is 165 Å². The van der Waals surface area contributed by atoms with E-state index >= 15 is 0 Å². The first kappa shape index (κ1) is 23.5. The van der Waals surface area contributed by atoms with E-state index in [2.05, 4.69) is 13.0 Å². The molecule has 0 aromatic rings. The maximum absolute atomic E-state index is 6.11. The van der Waals surface area contributed by atoms with E-state index in [0.29, 0.717) is 0 Å². The minimum absolute atomic E-state index is 1.05. The monoisotopic (exact) mass is 364 g/mol. The summed E-state index contributed by atoms with van der Waals surface area (Å²) in [5.74, 6) is 6.11. The summed E-state index contributed by atoms with van der Waals surface area (Å²) in [6.07, 6.45) is 30.3. The summed E-state index contributed by atoms with van der Waals surface area (Å²) in [6.45, 7) is 3.34. The topological polar surface area (TPSA) is 29.3 Å². The number of unbranched alkanes of at least 4 members (excludes halogenated alkanes) is 15. The van der Waals surface area contributed by atoms with Crippen molar-refractivity contribution in [1.82, 2.24) is 5.01 Å². The fourth-order valence-electron chi connectivity index (χ4n) is 4.06. The van der Waals surface area contributed by atoms with Crippen molar-refractivity contribution in [2.24, 2.45) is 5.84 Å². The predicted octanol–water partition coefficient (Wildman–Crippen LogP) is 7.88. The molecule has 1 aliphatic rings. The van der Waals surface area contributed by atoms with Gasteiger partial charge >= 0.3 is 0 Å². The molecule has 2 N–H and O–H groups in total. The second-order valence-electron chi connectivity index (χ2n) is 8.44. The number of hydrogen-bond donors (Lipinski definition) is 1. The molecule has 0 bridgehead atoms. The third kappa shape index (κ3) is 13.7. The minimum Gasteiger partial charge on any atom is -0.315 e. The number of hydrogen-bond acceptors (Lipinski definition) is 2. The van der Waals surface area contributed by atoms with Gasteiger partial charge in [-0.05, 0) is 32.1 Å². The third-order valence-electron chi connectivity index (χ3n) is 5.89. The van der Waals surface area contributed by atoms with Crippen molar-refractivity contribution in [2.45, 2.75) is 135 Å². The van der Waals surface area contributed by atoms with Crippen molar-refractivity contribution < 1.29 is 0 Å². The van der Waals surface area contributed by atoms with Gasteiger partial charge in [0, 0.05) is 12.2 Å². The van der Waals surface area contributed by atoms with Gasteiger partial charge in [0.2, 0.25) is 0 Å². The van der Waals surface area contributed by atoms with Crippen LogP contribution >= 0.6 is 0 Å². The van der Waals surface area contributed by atoms with Crippen molar-refractivity contribution in [3.05, 3.63) is 11.8 Å². The smallest absolute Gasteiger partial charge is 0.0338 e. The van der Waals surface area contributed by atoms with Gasteiger partial charge in [-0.25, -0.2) is 5.84 Å². The maximum Gasteiger partial charge on any atom is 0.0338 e. The van der Waals surface area contributed by atoms with E-state index in [0.717, 1.165) is 6.54 Å². The maximum atomic E-state index is 6.11.